The predicted molar refractivity (Wildman–Crippen MR) is 293 cm³/mol. The van der Waals surface area contributed by atoms with Gasteiger partial charge in [0.25, 0.3) is 0 Å². The minimum Gasteiger partial charge on any atom is -0.457 e. The molecule has 0 saturated carbocycles. The van der Waals surface area contributed by atoms with E-state index in [0.717, 1.165) is 61.8 Å². The van der Waals surface area contributed by atoms with E-state index < -0.39 is 0 Å². The molecule has 0 radical (unpaired) electrons. The summed E-state index contributed by atoms with van der Waals surface area (Å²) >= 11 is 0. The molecular weight excluding hydrogens is 860 g/mol. The summed E-state index contributed by atoms with van der Waals surface area (Å²) in [7, 11) is 0. The Morgan fingerprint density at radius 1 is 0.500 bits per heavy atom. The Bertz CT molecular complexity index is 3340. The molecule has 0 aliphatic carbocycles. The molecular formula is C64H65FN4O. The largest absolute Gasteiger partial charge is 0.457 e. The molecule has 1 aliphatic rings. The predicted octanol–water partition coefficient (Wildman–Crippen LogP) is 18.6. The molecule has 1 aliphatic heterocycles. The van der Waals surface area contributed by atoms with Gasteiger partial charge < -0.3 is 14.5 Å². The van der Waals surface area contributed by atoms with Crippen molar-refractivity contribution in [1.29, 1.82) is 0 Å². The summed E-state index contributed by atoms with van der Waals surface area (Å²) < 4.78 is 23.6. The van der Waals surface area contributed by atoms with E-state index in [2.05, 4.69) is 200 Å². The first-order valence-corrected chi connectivity index (χ1v) is 25.2. The van der Waals surface area contributed by atoms with Gasteiger partial charge in [-0.25, -0.2) is 9.37 Å². The van der Waals surface area contributed by atoms with Gasteiger partial charge in [0.15, 0.2) is 0 Å². The maximum absolute atomic E-state index is 14.2. The lowest BCUT2D eigenvalue weighted by Crippen LogP contribution is -2.26. The van der Waals surface area contributed by atoms with Crippen LogP contribution >= 0.6 is 0 Å². The first-order chi connectivity index (χ1) is 33.6. The average Bonchev–Trinajstić information content (AvgIpc) is 3.88. The number of hydrogen-bond donors (Lipinski definition) is 0. The van der Waals surface area contributed by atoms with Crippen LogP contribution in [-0.2, 0) is 0 Å². The van der Waals surface area contributed by atoms with Crippen molar-refractivity contribution >= 4 is 44.6 Å². The number of nitrogens with zero attached hydrogens (tertiary/aromatic N) is 4. The first-order valence-electron chi connectivity index (χ1n) is 25.2. The van der Waals surface area contributed by atoms with Crippen molar-refractivity contribution < 1.29 is 9.13 Å². The van der Waals surface area contributed by atoms with Crippen LogP contribution in [0.4, 0.5) is 27.1 Å². The third kappa shape index (κ3) is 8.52. The Hall–Kier alpha value is -7.18. The zero-order chi connectivity index (χ0) is 49.1. The number of halogens is 1. The van der Waals surface area contributed by atoms with Gasteiger partial charge in [-0.15, -0.1) is 0 Å². The van der Waals surface area contributed by atoms with Crippen molar-refractivity contribution in [1.82, 2.24) is 9.55 Å². The number of fused-ring (bicyclic) bond motifs is 4. The van der Waals surface area contributed by atoms with E-state index in [1.807, 2.05) is 30.5 Å². The fraction of sp³-hybridized carbons (Fsp3) is 0.266. The van der Waals surface area contributed by atoms with Crippen LogP contribution in [0, 0.1) is 12.7 Å². The summed E-state index contributed by atoms with van der Waals surface area (Å²) in [5.41, 5.74) is 19.1. The molecule has 0 bridgehead atoms. The maximum atomic E-state index is 14.2. The highest BCUT2D eigenvalue weighted by Gasteiger charge is 2.33. The van der Waals surface area contributed by atoms with Crippen molar-refractivity contribution in [2.45, 2.75) is 106 Å². The van der Waals surface area contributed by atoms with Gasteiger partial charge in [0.2, 0.25) is 0 Å². The second-order valence-corrected chi connectivity index (χ2v) is 20.9. The molecule has 0 spiro atoms. The summed E-state index contributed by atoms with van der Waals surface area (Å²) in [6, 6.07) is 51.2. The molecule has 0 atom stereocenters. The molecule has 7 aromatic carbocycles. The fourth-order valence-electron chi connectivity index (χ4n) is 10.6. The fourth-order valence-corrected chi connectivity index (χ4v) is 10.6. The number of aromatic nitrogens is 2. The van der Waals surface area contributed by atoms with Crippen molar-refractivity contribution in [3.63, 3.8) is 0 Å². The Morgan fingerprint density at radius 2 is 1.16 bits per heavy atom. The number of hydrogen-bond acceptors (Lipinski definition) is 4. The number of rotatable bonds is 12. The molecule has 0 fully saturated rings. The topological polar surface area (TPSA) is 33.5 Å². The molecule has 5 nitrogen and oxygen atoms in total. The van der Waals surface area contributed by atoms with Gasteiger partial charge in [-0.2, -0.15) is 0 Å². The SMILES string of the molecule is Cc1ccc2c(c1)N(c1c(C(C)C)cc(-c3ccc(F)cc3)cc1C(C)C)CN2c1cc(Oc2ccc3c4ccccc4n(-c4ccccn4)c3c2)cc(-c2c(C(C)C)cc(C(C)C)cc2C(C)C)c1. The van der Waals surface area contributed by atoms with E-state index in [9.17, 15) is 4.39 Å². The Morgan fingerprint density at radius 3 is 1.80 bits per heavy atom. The highest BCUT2D eigenvalue weighted by molar-refractivity contribution is 6.09. The number of aryl methyl sites for hydroxylation is 1. The van der Waals surface area contributed by atoms with E-state index in [-0.39, 0.29) is 17.7 Å². The molecule has 354 valence electrons. The van der Waals surface area contributed by atoms with E-state index in [0.29, 0.717) is 24.4 Å². The molecule has 0 amide bonds. The molecule has 6 heteroatoms. The summed E-state index contributed by atoms with van der Waals surface area (Å²) in [5.74, 6) is 3.60. The zero-order valence-electron chi connectivity index (χ0n) is 42.6. The normalized spacial score (nSPS) is 12.8. The van der Waals surface area contributed by atoms with Crippen LogP contribution in [0.2, 0.25) is 0 Å². The third-order valence-corrected chi connectivity index (χ3v) is 14.2. The Kier molecular flexibility index (Phi) is 12.4. The van der Waals surface area contributed by atoms with E-state index in [1.165, 1.54) is 55.7 Å². The molecule has 70 heavy (non-hydrogen) atoms. The second-order valence-electron chi connectivity index (χ2n) is 20.9. The van der Waals surface area contributed by atoms with Crippen LogP contribution < -0.4 is 14.5 Å². The molecule has 10 rings (SSSR count). The van der Waals surface area contributed by atoms with Crippen molar-refractivity contribution in [2.24, 2.45) is 0 Å². The van der Waals surface area contributed by atoms with E-state index in [4.69, 9.17) is 9.72 Å². The molecule has 0 saturated heterocycles. The van der Waals surface area contributed by atoms with Crippen LogP contribution in [0.5, 0.6) is 11.5 Å². The summed E-state index contributed by atoms with van der Waals surface area (Å²) in [4.78, 5) is 9.81. The lowest BCUT2D eigenvalue weighted by atomic mass is 9.81. The zero-order valence-corrected chi connectivity index (χ0v) is 42.6. The molecule has 0 unspecified atom stereocenters. The van der Waals surface area contributed by atoms with Crippen molar-refractivity contribution in [3.8, 4) is 39.6 Å². The van der Waals surface area contributed by atoms with Gasteiger partial charge in [-0.3, -0.25) is 4.57 Å². The molecule has 9 aromatic rings. The van der Waals surface area contributed by atoms with Gasteiger partial charge in [-0.1, -0.05) is 124 Å². The summed E-state index contributed by atoms with van der Waals surface area (Å²) in [6.45, 7) is 25.8. The van der Waals surface area contributed by atoms with Crippen molar-refractivity contribution in [3.05, 3.63) is 191 Å². The van der Waals surface area contributed by atoms with Crippen LogP contribution in [0.3, 0.4) is 0 Å². The molecule has 2 aromatic heterocycles. The average molecular weight is 925 g/mol. The molecule has 0 N–H and O–H groups in total. The minimum absolute atomic E-state index is 0.227. The number of pyridine rings is 1. The minimum atomic E-state index is -0.228. The van der Waals surface area contributed by atoms with Crippen LogP contribution in [0.25, 0.3) is 49.9 Å². The standard InChI is InChI=1S/C64H65FN4O/c1-38(2)45-31-54(39(3)4)63(55(32-45)40(5)6)47-29-49(35-51(30-47)70-50-24-25-53-52-16-12-13-17-58(52)69(60(53)36-50)62-18-14-15-27-66-62)67-37-68(61-28-43(11)19-26-59(61)67)64-56(41(7)8)33-46(34-57(64)42(9)10)44-20-22-48(65)23-21-44/h12-36,38-42H,37H2,1-11H3. The smallest absolute Gasteiger partial charge is 0.137 e. The van der Waals surface area contributed by atoms with Gasteiger partial charge in [-0.05, 0) is 171 Å². The highest BCUT2D eigenvalue weighted by atomic mass is 19.1. The van der Waals surface area contributed by atoms with Crippen LogP contribution in [0.15, 0.2) is 152 Å². The summed E-state index contributed by atoms with van der Waals surface area (Å²) in [6.07, 6.45) is 1.85. The maximum Gasteiger partial charge on any atom is 0.137 e. The Balaban J connectivity index is 1.17. The Labute approximate surface area is 414 Å². The monoisotopic (exact) mass is 925 g/mol. The quantitative estimate of drug-likeness (QED) is 0.122. The van der Waals surface area contributed by atoms with Crippen LogP contribution in [0.1, 0.15) is 132 Å². The lowest BCUT2D eigenvalue weighted by molar-refractivity contribution is 0.483. The van der Waals surface area contributed by atoms with Gasteiger partial charge >= 0.3 is 0 Å². The van der Waals surface area contributed by atoms with Gasteiger partial charge in [0.1, 0.15) is 29.8 Å². The summed E-state index contributed by atoms with van der Waals surface area (Å²) in [5, 5.41) is 2.32. The van der Waals surface area contributed by atoms with Gasteiger partial charge in [0, 0.05) is 40.5 Å². The molecule has 3 heterocycles. The highest BCUT2D eigenvalue weighted by Crippen LogP contribution is 2.51. The van der Waals surface area contributed by atoms with E-state index >= 15 is 0 Å². The lowest BCUT2D eigenvalue weighted by Gasteiger charge is -2.30. The first kappa shape index (κ1) is 46.5. The number of benzene rings is 7. The number of anilines is 4. The van der Waals surface area contributed by atoms with Crippen molar-refractivity contribution in [2.75, 3.05) is 16.5 Å². The number of ether oxygens (including phenoxy) is 1. The van der Waals surface area contributed by atoms with Crippen LogP contribution in [-0.4, -0.2) is 16.2 Å². The second kappa shape index (κ2) is 18.6. The number of para-hydroxylation sites is 1. The third-order valence-electron chi connectivity index (χ3n) is 14.2. The van der Waals surface area contributed by atoms with Gasteiger partial charge in [0.05, 0.1) is 22.4 Å². The van der Waals surface area contributed by atoms with E-state index in [1.54, 1.807) is 12.1 Å².